The molecule has 0 bridgehead atoms. The van der Waals surface area contributed by atoms with Gasteiger partial charge >= 0.3 is 0 Å². The maximum Gasteiger partial charge on any atom is 0.161 e. The molecule has 20 rings (SSSR count). The number of furan rings is 5. The first-order valence-electron chi connectivity index (χ1n) is 40.8. The second-order valence-electron chi connectivity index (χ2n) is 30.4. The van der Waals surface area contributed by atoms with Crippen molar-refractivity contribution in [1.82, 2.24) is 24.9 Å². The van der Waals surface area contributed by atoms with Crippen molar-refractivity contribution >= 4 is 110 Å². The number of aromatic nitrogens is 5. The quantitative estimate of drug-likeness (QED) is 0.130. The Hall–Kier alpha value is -13.1. The Morgan fingerprint density at radius 1 is 0.283 bits per heavy atom. The smallest absolute Gasteiger partial charge is 0.161 e. The van der Waals surface area contributed by atoms with Crippen molar-refractivity contribution in [3.05, 3.63) is 330 Å². The van der Waals surface area contributed by atoms with Crippen molar-refractivity contribution in [1.29, 1.82) is 0 Å². The normalized spacial score (nSPS) is 12.8. The minimum absolute atomic E-state index is 0.317. The molecule has 10 aromatic carbocycles. The lowest BCUT2D eigenvalue weighted by Gasteiger charge is -2.04. The lowest BCUT2D eigenvalue weighted by molar-refractivity contribution is 0.656. The number of hydrogen-bond donors (Lipinski definition) is 0. The van der Waals surface area contributed by atoms with E-state index in [1.807, 2.05) is 104 Å². The van der Waals surface area contributed by atoms with E-state index >= 15 is 0 Å². The van der Waals surface area contributed by atoms with E-state index in [4.69, 9.17) is 37.5 Å². The standard InChI is InChI=1S/3C21H19NO.2C20H17NO/c1-13(2)16-8-5-9-17-19-12-22-11-18(21(19)23-20(16)17)15-7-4-6-14(3)10-15;1-13(2)18-10-11-19-20(22-18)17-9-5-8-16(21(17)23-19)15-7-4-6-14(3)12-15;1-13(2)16-8-5-9-18-19-21(23-20(16)18)17(10-11-22-19)15-7-4-6-14(3)12-15;1-13(2)15-11-12-21-18-17-10-6-9-16(19(17)22-20(15)18)14-7-4-3-5-8-14;1-13(2)17-11-12-18-19(21-17)16-10-6-9-15(20(16)22-18)14-7-4-3-5-8-14/h3*4-13H,1-3H3;2*3-13H,1-2H3/i;;;1D3,13D;. The first-order valence-corrected chi connectivity index (χ1v) is 38.8. The van der Waals surface area contributed by atoms with E-state index in [1.165, 1.54) is 45.9 Å². The second-order valence-corrected chi connectivity index (χ2v) is 30.4. The van der Waals surface area contributed by atoms with Crippen LogP contribution in [0.1, 0.15) is 149 Å². The van der Waals surface area contributed by atoms with Gasteiger partial charge < -0.3 is 22.1 Å². The summed E-state index contributed by atoms with van der Waals surface area (Å²) in [4.78, 5) is 23.1. The number of rotatable bonds is 10. The Morgan fingerprint density at radius 2 is 0.664 bits per heavy atom. The number of pyridine rings is 5. The molecule has 10 heteroatoms. The third kappa shape index (κ3) is 14.8. The summed E-state index contributed by atoms with van der Waals surface area (Å²) >= 11 is 0. The van der Waals surface area contributed by atoms with Crippen LogP contribution >= 0.6 is 0 Å². The summed E-state index contributed by atoms with van der Waals surface area (Å²) in [6.07, 6.45) is 7.22. The average Bonchev–Trinajstić information content (AvgIpc) is 1.60. The fourth-order valence-corrected chi connectivity index (χ4v) is 15.1. The van der Waals surface area contributed by atoms with Crippen LogP contribution in [0.3, 0.4) is 0 Å². The first-order chi connectivity index (χ1) is 56.5. The van der Waals surface area contributed by atoms with Crippen molar-refractivity contribution in [2.75, 3.05) is 0 Å². The highest BCUT2D eigenvalue weighted by Crippen LogP contribution is 2.43. The molecule has 0 fully saturated rings. The number of fused-ring (bicyclic) bond motifs is 15. The van der Waals surface area contributed by atoms with E-state index < -0.39 is 12.7 Å². The summed E-state index contributed by atoms with van der Waals surface area (Å²) in [6, 6.07) is 88.5. The summed E-state index contributed by atoms with van der Waals surface area (Å²) in [5.74, 6) is -0.137. The largest absolute Gasteiger partial charge is 0.455 e. The molecule has 1 unspecified atom stereocenters. The molecule has 0 saturated heterocycles. The van der Waals surface area contributed by atoms with Gasteiger partial charge in [0.25, 0.3) is 0 Å². The predicted octanol–water partition coefficient (Wildman–Crippen LogP) is 29.8. The summed E-state index contributed by atoms with van der Waals surface area (Å²) in [6.45, 7) is 22.6. The molecular formula is C103H91N5O5. The van der Waals surface area contributed by atoms with Crippen LogP contribution in [0.25, 0.3) is 166 Å². The van der Waals surface area contributed by atoms with Crippen LogP contribution < -0.4 is 0 Å². The molecule has 0 radical (unpaired) electrons. The highest BCUT2D eigenvalue weighted by molar-refractivity contribution is 6.13. The van der Waals surface area contributed by atoms with Gasteiger partial charge in [-0.05, 0) is 150 Å². The number of aryl methyl sites for hydroxylation is 3. The highest BCUT2D eigenvalue weighted by atomic mass is 16.3. The zero-order chi connectivity index (χ0) is 81.6. The summed E-state index contributed by atoms with van der Waals surface area (Å²) in [5, 5.41) is 6.31. The van der Waals surface area contributed by atoms with Crippen LogP contribution in [0.4, 0.5) is 0 Å². The number of nitrogens with zero attached hydrogens (tertiary/aromatic N) is 5. The van der Waals surface area contributed by atoms with E-state index in [0.29, 0.717) is 45.9 Å². The van der Waals surface area contributed by atoms with Gasteiger partial charge in [-0.25, -0.2) is 9.97 Å². The Morgan fingerprint density at radius 3 is 1.15 bits per heavy atom. The topological polar surface area (TPSA) is 130 Å². The minimum atomic E-state index is -2.48. The molecule has 1 atom stereocenters. The maximum atomic E-state index is 8.44. The SMILES string of the molecule is CC(C)c1ccc2oc3c(-c4ccccc4)cccc3c2n1.Cc1cccc(-c2cccc3c2oc2ccc(C(C)C)nc23)c1.Cc1cccc(-c2ccnc3c2oc2c(C(C)C)cccc23)c1.Cc1cccc(-c2cncc3c2oc2c(C(C)C)cccc23)c1.[2H]C([2H])([2H])C([2H])(C)c1ccnc2c1oc1c(-c3ccccc3)cccc12. The Bertz CT molecular complexity index is 6860. The van der Waals surface area contributed by atoms with Gasteiger partial charge in [0.05, 0.1) is 0 Å². The third-order valence-electron chi connectivity index (χ3n) is 20.9. The molecular weight excluding hydrogens is 1390 g/mol. The fourth-order valence-electron chi connectivity index (χ4n) is 15.1. The minimum Gasteiger partial charge on any atom is -0.455 e. The molecule has 10 nitrogen and oxygen atoms in total. The van der Waals surface area contributed by atoms with Crippen LogP contribution in [0.2, 0.25) is 0 Å². The molecule has 113 heavy (non-hydrogen) atoms. The first kappa shape index (κ1) is 69.2. The van der Waals surface area contributed by atoms with Crippen LogP contribution in [-0.4, -0.2) is 24.9 Å². The van der Waals surface area contributed by atoms with Gasteiger partial charge in [-0.1, -0.05) is 286 Å². The number of para-hydroxylation sites is 5. The van der Waals surface area contributed by atoms with E-state index in [-0.39, 0.29) is 0 Å². The number of benzene rings is 10. The summed E-state index contributed by atoms with van der Waals surface area (Å²) in [5.41, 5.74) is 31.4. The summed E-state index contributed by atoms with van der Waals surface area (Å²) in [7, 11) is 0. The van der Waals surface area contributed by atoms with Crippen molar-refractivity contribution in [2.45, 2.75) is 120 Å². The average molecular weight is 1480 g/mol. The van der Waals surface area contributed by atoms with Gasteiger partial charge in [-0.3, -0.25) is 15.0 Å². The second kappa shape index (κ2) is 31.7. The van der Waals surface area contributed by atoms with Crippen molar-refractivity contribution in [2.24, 2.45) is 0 Å². The molecule has 0 aliphatic heterocycles. The fraction of sp³-hybridized carbons (Fsp3) is 0.175. The molecule has 0 saturated carbocycles. The van der Waals surface area contributed by atoms with Crippen LogP contribution in [0, 0.1) is 20.8 Å². The zero-order valence-corrected chi connectivity index (χ0v) is 65.7. The van der Waals surface area contributed by atoms with E-state index in [1.54, 1.807) is 12.3 Å². The molecule has 0 aliphatic carbocycles. The van der Waals surface area contributed by atoms with Crippen LogP contribution in [0.15, 0.2) is 308 Å². The highest BCUT2D eigenvalue weighted by Gasteiger charge is 2.22. The van der Waals surface area contributed by atoms with Gasteiger partial charge in [0.15, 0.2) is 22.3 Å². The van der Waals surface area contributed by atoms with Crippen molar-refractivity contribution < 1.29 is 27.6 Å². The Balaban J connectivity index is 0.000000110. The molecule has 20 aromatic rings. The lowest BCUT2D eigenvalue weighted by Crippen LogP contribution is -1.91. The zero-order valence-electron chi connectivity index (χ0n) is 69.7. The van der Waals surface area contributed by atoms with E-state index in [0.717, 1.165) is 149 Å². The molecule has 0 spiro atoms. The third-order valence-corrected chi connectivity index (χ3v) is 20.9. The van der Waals surface area contributed by atoms with Gasteiger partial charge in [0, 0.05) is 107 Å². The van der Waals surface area contributed by atoms with Gasteiger partial charge in [0.2, 0.25) is 0 Å². The molecule has 0 aliphatic rings. The summed E-state index contributed by atoms with van der Waals surface area (Å²) < 4.78 is 62.7. The molecule has 558 valence electrons. The van der Waals surface area contributed by atoms with Crippen molar-refractivity contribution in [3.8, 4) is 55.6 Å². The van der Waals surface area contributed by atoms with E-state index in [9.17, 15) is 0 Å². The maximum absolute atomic E-state index is 8.44. The lowest BCUT2D eigenvalue weighted by atomic mass is 10.00. The van der Waals surface area contributed by atoms with Crippen LogP contribution in [0.5, 0.6) is 0 Å². The van der Waals surface area contributed by atoms with Crippen molar-refractivity contribution in [3.63, 3.8) is 0 Å². The molecule has 10 heterocycles. The molecule has 10 aromatic heterocycles. The van der Waals surface area contributed by atoms with Gasteiger partial charge in [-0.15, -0.1) is 0 Å². The van der Waals surface area contributed by atoms with Gasteiger partial charge in [0.1, 0.15) is 55.6 Å². The predicted molar refractivity (Wildman–Crippen MR) is 469 cm³/mol. The van der Waals surface area contributed by atoms with E-state index in [2.05, 4.69) is 261 Å². The van der Waals surface area contributed by atoms with Crippen LogP contribution in [-0.2, 0) is 0 Å². The molecule has 0 N–H and O–H groups in total. The van der Waals surface area contributed by atoms with Gasteiger partial charge in [-0.2, -0.15) is 0 Å². The molecule has 0 amide bonds. The Labute approximate surface area is 664 Å². The Kier molecular flexibility index (Phi) is 19.4. The monoisotopic (exact) mass is 1480 g/mol. The number of hydrogen-bond acceptors (Lipinski definition) is 10.